The summed E-state index contributed by atoms with van der Waals surface area (Å²) in [6.45, 7) is 2.32. The Kier molecular flexibility index (Phi) is 4.02. The van der Waals surface area contributed by atoms with Crippen LogP contribution in [0, 0.1) is 29.6 Å². The lowest BCUT2D eigenvalue weighted by molar-refractivity contribution is 1.07. The fourth-order valence-corrected chi connectivity index (χ4v) is 2.32. The van der Waals surface area contributed by atoms with Crippen LogP contribution < -0.4 is 0 Å². The SMILES string of the molecule is Cc1ncc(-c2ccc(CN=C(C#N)C#N)cc2)s1. The maximum absolute atomic E-state index is 8.59. The van der Waals surface area contributed by atoms with Gasteiger partial charge in [0.25, 0.3) is 0 Å². The number of thiazole rings is 1. The van der Waals surface area contributed by atoms with Gasteiger partial charge >= 0.3 is 0 Å². The van der Waals surface area contributed by atoms with Crippen molar-refractivity contribution in [1.82, 2.24) is 4.98 Å². The Morgan fingerprint density at radius 3 is 2.47 bits per heavy atom. The van der Waals surface area contributed by atoms with Gasteiger partial charge in [-0.05, 0) is 18.1 Å². The number of rotatable bonds is 3. The van der Waals surface area contributed by atoms with E-state index in [0.29, 0.717) is 6.54 Å². The van der Waals surface area contributed by atoms with Crippen molar-refractivity contribution in [3.63, 3.8) is 0 Å². The summed E-state index contributed by atoms with van der Waals surface area (Å²) in [4.78, 5) is 9.27. The lowest BCUT2D eigenvalue weighted by Gasteiger charge is -1.99. The topological polar surface area (TPSA) is 72.8 Å². The smallest absolute Gasteiger partial charge is 0.213 e. The minimum atomic E-state index is -0.0952. The molecule has 0 aliphatic carbocycles. The minimum absolute atomic E-state index is 0.0952. The molecule has 0 radical (unpaired) electrons. The molecule has 0 unspecified atom stereocenters. The second-order valence-corrected chi connectivity index (χ2v) is 5.06. The van der Waals surface area contributed by atoms with Gasteiger partial charge in [0.15, 0.2) is 0 Å². The van der Waals surface area contributed by atoms with Crippen LogP contribution in [0.5, 0.6) is 0 Å². The number of aromatic nitrogens is 1. The highest BCUT2D eigenvalue weighted by Gasteiger charge is 2.02. The average Bonchev–Trinajstić information content (AvgIpc) is 2.87. The van der Waals surface area contributed by atoms with E-state index in [9.17, 15) is 0 Å². The van der Waals surface area contributed by atoms with Crippen molar-refractivity contribution >= 4 is 17.0 Å². The normalized spacial score (nSPS) is 9.42. The summed E-state index contributed by atoms with van der Waals surface area (Å²) in [6.07, 6.45) is 1.86. The highest BCUT2D eigenvalue weighted by Crippen LogP contribution is 2.25. The molecule has 0 saturated carbocycles. The molecular formula is C14H10N4S. The Hall–Kier alpha value is -2.50. The van der Waals surface area contributed by atoms with Crippen LogP contribution in [0.2, 0.25) is 0 Å². The van der Waals surface area contributed by atoms with Crippen LogP contribution in [0.1, 0.15) is 10.6 Å². The summed E-state index contributed by atoms with van der Waals surface area (Å²) in [6, 6.07) is 11.4. The lowest BCUT2D eigenvalue weighted by Crippen LogP contribution is -1.90. The molecule has 0 saturated heterocycles. The number of aryl methyl sites for hydroxylation is 1. The highest BCUT2D eigenvalue weighted by atomic mass is 32.1. The van der Waals surface area contributed by atoms with Crippen molar-refractivity contribution in [2.24, 2.45) is 4.99 Å². The zero-order valence-corrected chi connectivity index (χ0v) is 11.1. The third-order valence-corrected chi connectivity index (χ3v) is 3.45. The largest absolute Gasteiger partial charge is 0.260 e. The van der Waals surface area contributed by atoms with E-state index in [2.05, 4.69) is 9.98 Å². The van der Waals surface area contributed by atoms with Crippen LogP contribution in [0.4, 0.5) is 0 Å². The highest BCUT2D eigenvalue weighted by molar-refractivity contribution is 7.15. The molecule has 2 rings (SSSR count). The predicted octanol–water partition coefficient (Wildman–Crippen LogP) is 3.11. The van der Waals surface area contributed by atoms with Crippen molar-refractivity contribution in [3.8, 4) is 22.6 Å². The number of hydrogen-bond acceptors (Lipinski definition) is 5. The Labute approximate surface area is 115 Å². The van der Waals surface area contributed by atoms with Gasteiger partial charge in [0.05, 0.1) is 16.4 Å². The third kappa shape index (κ3) is 3.25. The van der Waals surface area contributed by atoms with E-state index in [-0.39, 0.29) is 5.71 Å². The van der Waals surface area contributed by atoms with Gasteiger partial charge < -0.3 is 0 Å². The zero-order chi connectivity index (χ0) is 13.7. The Morgan fingerprint density at radius 1 is 1.26 bits per heavy atom. The van der Waals surface area contributed by atoms with Gasteiger partial charge in [-0.2, -0.15) is 10.5 Å². The van der Waals surface area contributed by atoms with Crippen molar-refractivity contribution in [3.05, 3.63) is 41.0 Å². The van der Waals surface area contributed by atoms with E-state index in [0.717, 1.165) is 21.0 Å². The Bertz CT molecular complexity index is 667. The van der Waals surface area contributed by atoms with Gasteiger partial charge in [0.1, 0.15) is 12.1 Å². The van der Waals surface area contributed by atoms with Crippen molar-refractivity contribution < 1.29 is 0 Å². The zero-order valence-electron chi connectivity index (χ0n) is 10.3. The van der Waals surface area contributed by atoms with Gasteiger partial charge in [0, 0.05) is 6.20 Å². The maximum Gasteiger partial charge on any atom is 0.213 e. The van der Waals surface area contributed by atoms with Gasteiger partial charge in [-0.25, -0.2) is 4.98 Å². The van der Waals surface area contributed by atoms with Crippen LogP contribution in [-0.2, 0) is 6.54 Å². The van der Waals surface area contributed by atoms with Crippen LogP contribution in [0.3, 0.4) is 0 Å². The molecular weight excluding hydrogens is 256 g/mol. The minimum Gasteiger partial charge on any atom is -0.260 e. The standard InChI is InChI=1S/C14H10N4S/c1-10-17-9-14(19-10)12-4-2-11(3-5-12)8-18-13(6-15)7-16/h2-5,9H,8H2,1H3. The maximum atomic E-state index is 8.59. The van der Waals surface area contributed by atoms with E-state index in [1.165, 1.54) is 0 Å². The molecule has 1 aromatic heterocycles. The fraction of sp³-hybridized carbons (Fsp3) is 0.143. The predicted molar refractivity (Wildman–Crippen MR) is 74.7 cm³/mol. The number of hydrogen-bond donors (Lipinski definition) is 0. The molecule has 0 amide bonds. The van der Waals surface area contributed by atoms with Crippen LogP contribution in [0.25, 0.3) is 10.4 Å². The van der Waals surface area contributed by atoms with Gasteiger partial charge in [-0.3, -0.25) is 4.99 Å². The second-order valence-electron chi connectivity index (χ2n) is 3.83. The molecule has 0 atom stereocenters. The molecule has 92 valence electrons. The third-order valence-electron chi connectivity index (χ3n) is 2.49. The fourth-order valence-electron chi connectivity index (χ4n) is 1.54. The molecule has 1 heterocycles. The monoisotopic (exact) mass is 266 g/mol. The average molecular weight is 266 g/mol. The molecule has 0 fully saturated rings. The molecule has 0 aliphatic rings. The first-order valence-corrected chi connectivity index (χ1v) is 6.41. The summed E-state index contributed by atoms with van der Waals surface area (Å²) in [7, 11) is 0. The van der Waals surface area contributed by atoms with Crippen molar-refractivity contribution in [1.29, 1.82) is 10.5 Å². The number of nitrogens with zero attached hydrogens (tertiary/aromatic N) is 4. The number of aliphatic imine (C=N–C) groups is 1. The molecule has 0 bridgehead atoms. The van der Waals surface area contributed by atoms with Crippen LogP contribution in [0.15, 0.2) is 35.5 Å². The molecule has 0 spiro atoms. The lowest BCUT2D eigenvalue weighted by atomic mass is 10.1. The molecule has 4 nitrogen and oxygen atoms in total. The molecule has 1 aromatic carbocycles. The molecule has 2 aromatic rings. The van der Waals surface area contributed by atoms with E-state index >= 15 is 0 Å². The summed E-state index contributed by atoms with van der Waals surface area (Å²) < 4.78 is 0. The van der Waals surface area contributed by atoms with E-state index in [1.807, 2.05) is 37.4 Å². The van der Waals surface area contributed by atoms with E-state index < -0.39 is 0 Å². The first-order valence-electron chi connectivity index (χ1n) is 5.59. The van der Waals surface area contributed by atoms with Gasteiger partial charge in [0.2, 0.25) is 5.71 Å². The Balaban J connectivity index is 2.14. The summed E-state index contributed by atoms with van der Waals surface area (Å²) in [5.41, 5.74) is 1.98. The number of nitriles is 2. The molecule has 0 aliphatic heterocycles. The van der Waals surface area contributed by atoms with E-state index in [1.54, 1.807) is 23.5 Å². The summed E-state index contributed by atoms with van der Waals surface area (Å²) in [5.74, 6) is 0. The van der Waals surface area contributed by atoms with Crippen molar-refractivity contribution in [2.75, 3.05) is 0 Å². The molecule has 0 N–H and O–H groups in total. The summed E-state index contributed by atoms with van der Waals surface area (Å²) >= 11 is 1.65. The van der Waals surface area contributed by atoms with E-state index in [4.69, 9.17) is 10.5 Å². The second kappa shape index (κ2) is 5.90. The number of benzene rings is 1. The molecule has 19 heavy (non-hydrogen) atoms. The summed E-state index contributed by atoms with van der Waals surface area (Å²) in [5, 5.41) is 18.2. The first kappa shape index (κ1) is 12.9. The van der Waals surface area contributed by atoms with Crippen molar-refractivity contribution in [2.45, 2.75) is 13.5 Å². The van der Waals surface area contributed by atoms with Gasteiger partial charge in [-0.15, -0.1) is 11.3 Å². The Morgan fingerprint density at radius 2 is 1.95 bits per heavy atom. The first-order chi connectivity index (χ1) is 9.22. The van der Waals surface area contributed by atoms with Crippen LogP contribution in [-0.4, -0.2) is 10.7 Å². The van der Waals surface area contributed by atoms with Gasteiger partial charge in [-0.1, -0.05) is 24.3 Å². The molecule has 5 heteroatoms. The van der Waals surface area contributed by atoms with Crippen LogP contribution >= 0.6 is 11.3 Å². The quantitative estimate of drug-likeness (QED) is 0.801.